The Labute approximate surface area is 116 Å². The fourth-order valence-corrected chi connectivity index (χ4v) is 2.39. The molecule has 4 heteroatoms. The number of benzene rings is 2. The Morgan fingerprint density at radius 2 is 2.05 bits per heavy atom. The monoisotopic (exact) mass is 275 g/mol. The molecule has 20 heavy (non-hydrogen) atoms. The molecular weight excluding hydrogens is 260 g/mol. The zero-order valence-corrected chi connectivity index (χ0v) is 11.0. The number of aryl methyl sites for hydroxylation is 1. The molecule has 0 bridgehead atoms. The summed E-state index contributed by atoms with van der Waals surface area (Å²) in [7, 11) is 0. The predicted octanol–water partition coefficient (Wildman–Crippen LogP) is 3.90. The summed E-state index contributed by atoms with van der Waals surface area (Å²) < 4.78 is 32.1. The van der Waals surface area contributed by atoms with Crippen LogP contribution in [-0.4, -0.2) is 6.54 Å². The lowest BCUT2D eigenvalue weighted by atomic mass is 10.0. The van der Waals surface area contributed by atoms with Gasteiger partial charge in [-0.2, -0.15) is 0 Å². The van der Waals surface area contributed by atoms with Gasteiger partial charge in [0.05, 0.1) is 5.69 Å². The SMILES string of the molecule is Fc1ccc(COc2cccc3c2NCCC3)c(F)c1. The minimum atomic E-state index is -0.581. The minimum Gasteiger partial charge on any atom is -0.487 e. The molecule has 0 radical (unpaired) electrons. The largest absolute Gasteiger partial charge is 0.487 e. The smallest absolute Gasteiger partial charge is 0.143 e. The summed E-state index contributed by atoms with van der Waals surface area (Å²) in [6.07, 6.45) is 2.12. The van der Waals surface area contributed by atoms with Crippen LogP contribution < -0.4 is 10.1 Å². The third-order valence-electron chi connectivity index (χ3n) is 3.44. The van der Waals surface area contributed by atoms with Gasteiger partial charge in [-0.1, -0.05) is 12.1 Å². The van der Waals surface area contributed by atoms with Crippen molar-refractivity contribution >= 4 is 5.69 Å². The van der Waals surface area contributed by atoms with Gasteiger partial charge in [0.25, 0.3) is 0 Å². The number of ether oxygens (including phenoxy) is 1. The van der Waals surface area contributed by atoms with Gasteiger partial charge in [-0.15, -0.1) is 0 Å². The molecule has 0 spiro atoms. The molecule has 2 aromatic rings. The van der Waals surface area contributed by atoms with Crippen LogP contribution in [0.4, 0.5) is 14.5 Å². The molecule has 1 aliphatic heterocycles. The first-order valence-corrected chi connectivity index (χ1v) is 6.66. The highest BCUT2D eigenvalue weighted by molar-refractivity contribution is 5.63. The summed E-state index contributed by atoms with van der Waals surface area (Å²) in [5.41, 5.74) is 2.55. The van der Waals surface area contributed by atoms with E-state index in [9.17, 15) is 8.78 Å². The van der Waals surface area contributed by atoms with Gasteiger partial charge in [-0.05, 0) is 36.6 Å². The summed E-state index contributed by atoms with van der Waals surface area (Å²) >= 11 is 0. The lowest BCUT2D eigenvalue weighted by Gasteiger charge is -2.21. The van der Waals surface area contributed by atoms with Crippen molar-refractivity contribution in [1.29, 1.82) is 0 Å². The van der Waals surface area contributed by atoms with Crippen LogP contribution in [0.25, 0.3) is 0 Å². The maximum Gasteiger partial charge on any atom is 0.143 e. The topological polar surface area (TPSA) is 21.3 Å². The van der Waals surface area contributed by atoms with Crippen LogP contribution >= 0.6 is 0 Å². The quantitative estimate of drug-likeness (QED) is 0.917. The van der Waals surface area contributed by atoms with Crippen LogP contribution in [0.3, 0.4) is 0 Å². The fraction of sp³-hybridized carbons (Fsp3) is 0.250. The van der Waals surface area contributed by atoms with Gasteiger partial charge < -0.3 is 10.1 Å². The molecule has 1 N–H and O–H groups in total. The number of hydrogen-bond acceptors (Lipinski definition) is 2. The Morgan fingerprint density at radius 3 is 2.90 bits per heavy atom. The first kappa shape index (κ1) is 12.9. The summed E-state index contributed by atoms with van der Waals surface area (Å²) in [5.74, 6) is -0.446. The predicted molar refractivity (Wildman–Crippen MR) is 73.9 cm³/mol. The zero-order chi connectivity index (χ0) is 13.9. The highest BCUT2D eigenvalue weighted by atomic mass is 19.1. The molecule has 0 saturated heterocycles. The van der Waals surface area contributed by atoms with Crippen LogP contribution in [0.1, 0.15) is 17.5 Å². The maximum atomic E-state index is 13.6. The summed E-state index contributed by atoms with van der Waals surface area (Å²) in [6, 6.07) is 9.37. The molecule has 0 atom stereocenters. The van der Waals surface area contributed by atoms with Gasteiger partial charge >= 0.3 is 0 Å². The zero-order valence-electron chi connectivity index (χ0n) is 11.0. The highest BCUT2D eigenvalue weighted by Crippen LogP contribution is 2.32. The van der Waals surface area contributed by atoms with Crippen LogP contribution in [0.2, 0.25) is 0 Å². The van der Waals surface area contributed by atoms with Crippen molar-refractivity contribution in [2.24, 2.45) is 0 Å². The van der Waals surface area contributed by atoms with E-state index in [1.54, 1.807) is 0 Å². The molecule has 0 unspecified atom stereocenters. The van der Waals surface area contributed by atoms with E-state index in [2.05, 4.69) is 11.4 Å². The number of halogens is 2. The molecular formula is C16H15F2NO. The summed E-state index contributed by atoms with van der Waals surface area (Å²) in [6.45, 7) is 1.00. The molecule has 1 aliphatic rings. The van der Waals surface area contributed by atoms with Gasteiger partial charge in [0.15, 0.2) is 0 Å². The molecule has 0 aromatic heterocycles. The van der Waals surface area contributed by atoms with Gasteiger partial charge in [0.1, 0.15) is 24.0 Å². The van der Waals surface area contributed by atoms with Gasteiger partial charge in [-0.25, -0.2) is 8.78 Å². The molecule has 1 heterocycles. The minimum absolute atomic E-state index is 0.0875. The average Bonchev–Trinajstić information content (AvgIpc) is 2.46. The van der Waals surface area contributed by atoms with Crippen LogP contribution in [0.5, 0.6) is 5.75 Å². The first-order chi connectivity index (χ1) is 9.74. The number of anilines is 1. The van der Waals surface area contributed by atoms with Crippen molar-refractivity contribution in [3.8, 4) is 5.75 Å². The Hall–Kier alpha value is -2.10. The standard InChI is InChI=1S/C16H15F2NO/c17-13-7-6-12(14(18)9-13)10-20-15-5-1-3-11-4-2-8-19-16(11)15/h1,3,5-7,9,19H,2,4,8,10H2. The van der Waals surface area contributed by atoms with Crippen molar-refractivity contribution in [2.75, 3.05) is 11.9 Å². The second kappa shape index (κ2) is 5.49. The maximum absolute atomic E-state index is 13.6. The van der Waals surface area contributed by atoms with E-state index in [4.69, 9.17) is 4.74 Å². The molecule has 2 nitrogen and oxygen atoms in total. The second-order valence-corrected chi connectivity index (χ2v) is 4.85. The first-order valence-electron chi connectivity index (χ1n) is 6.66. The molecule has 104 valence electrons. The number of rotatable bonds is 3. The van der Waals surface area contributed by atoms with E-state index in [-0.39, 0.29) is 6.61 Å². The second-order valence-electron chi connectivity index (χ2n) is 4.85. The third kappa shape index (κ3) is 2.59. The van der Waals surface area contributed by atoms with E-state index in [1.807, 2.05) is 12.1 Å². The number of para-hydroxylation sites is 1. The Bertz CT molecular complexity index is 628. The highest BCUT2D eigenvalue weighted by Gasteiger charge is 2.13. The molecule has 0 amide bonds. The average molecular weight is 275 g/mol. The van der Waals surface area contributed by atoms with E-state index in [1.165, 1.54) is 17.7 Å². The van der Waals surface area contributed by atoms with Crippen molar-refractivity contribution in [3.63, 3.8) is 0 Å². The Morgan fingerprint density at radius 1 is 1.15 bits per heavy atom. The number of nitrogens with one attached hydrogen (secondary N) is 1. The molecule has 0 aliphatic carbocycles. The lowest BCUT2D eigenvalue weighted by molar-refractivity contribution is 0.300. The molecule has 2 aromatic carbocycles. The summed E-state index contributed by atoms with van der Waals surface area (Å²) in [5, 5.41) is 3.31. The van der Waals surface area contributed by atoms with Gasteiger partial charge in [0.2, 0.25) is 0 Å². The molecule has 3 rings (SSSR count). The molecule has 0 fully saturated rings. The van der Waals surface area contributed by atoms with Crippen LogP contribution in [-0.2, 0) is 13.0 Å². The number of hydrogen-bond donors (Lipinski definition) is 1. The van der Waals surface area contributed by atoms with Crippen molar-refractivity contribution in [2.45, 2.75) is 19.4 Å². The number of fused-ring (bicyclic) bond motifs is 1. The van der Waals surface area contributed by atoms with Crippen molar-refractivity contribution in [3.05, 3.63) is 59.2 Å². The van der Waals surface area contributed by atoms with E-state index >= 15 is 0 Å². The van der Waals surface area contributed by atoms with Crippen LogP contribution in [0.15, 0.2) is 36.4 Å². The lowest BCUT2D eigenvalue weighted by Crippen LogP contribution is -2.13. The van der Waals surface area contributed by atoms with Gasteiger partial charge in [-0.3, -0.25) is 0 Å². The van der Waals surface area contributed by atoms with Crippen molar-refractivity contribution < 1.29 is 13.5 Å². The van der Waals surface area contributed by atoms with E-state index in [0.717, 1.165) is 31.1 Å². The van der Waals surface area contributed by atoms with Gasteiger partial charge in [0, 0.05) is 18.2 Å². The normalized spacial score (nSPS) is 13.5. The van der Waals surface area contributed by atoms with E-state index < -0.39 is 11.6 Å². The third-order valence-corrected chi connectivity index (χ3v) is 3.44. The van der Waals surface area contributed by atoms with E-state index in [0.29, 0.717) is 11.3 Å². The fourth-order valence-electron chi connectivity index (χ4n) is 2.39. The molecule has 0 saturated carbocycles. The summed E-state index contributed by atoms with van der Waals surface area (Å²) in [4.78, 5) is 0. The van der Waals surface area contributed by atoms with Crippen LogP contribution in [0, 0.1) is 11.6 Å². The Balaban J connectivity index is 1.78. The van der Waals surface area contributed by atoms with Crippen molar-refractivity contribution in [1.82, 2.24) is 0 Å². The Kier molecular flexibility index (Phi) is 3.54.